The largest absolute Gasteiger partial charge is 0.383 e. The number of nitrogen functional groups attached to an aromatic ring is 1. The van der Waals surface area contributed by atoms with Gasteiger partial charge in [-0.25, -0.2) is 4.98 Å². The predicted molar refractivity (Wildman–Crippen MR) is 93.6 cm³/mol. The Hall–Kier alpha value is -2.28. The fraction of sp³-hybridized carbons (Fsp3) is 0. The zero-order chi connectivity index (χ0) is 17.3. The number of aromatic nitrogens is 2. The van der Waals surface area contributed by atoms with E-state index in [9.17, 15) is 4.79 Å². The van der Waals surface area contributed by atoms with Crippen molar-refractivity contribution in [2.45, 2.75) is 0 Å². The van der Waals surface area contributed by atoms with E-state index in [2.05, 4.69) is 15.5 Å². The first kappa shape index (κ1) is 16.6. The second-order valence-corrected chi connectivity index (χ2v) is 5.93. The number of nitrogens with two attached hydrogens (primary N) is 1. The summed E-state index contributed by atoms with van der Waals surface area (Å²) < 4.78 is 4.77. The highest BCUT2D eigenvalue weighted by atomic mass is 35.5. The van der Waals surface area contributed by atoms with Gasteiger partial charge >= 0.3 is 0 Å². The molecule has 0 fully saturated rings. The fourth-order valence-electron chi connectivity index (χ4n) is 2.04. The van der Waals surface area contributed by atoms with Gasteiger partial charge in [-0.3, -0.25) is 4.79 Å². The Kier molecular flexibility index (Phi) is 4.62. The number of anilines is 2. The van der Waals surface area contributed by atoms with Gasteiger partial charge in [-0.15, -0.1) is 0 Å². The van der Waals surface area contributed by atoms with Crippen LogP contribution in [0.2, 0.25) is 15.1 Å². The molecule has 9 heteroatoms. The van der Waals surface area contributed by atoms with Crippen molar-refractivity contribution in [3.8, 4) is 11.1 Å². The lowest BCUT2D eigenvalue weighted by atomic mass is 10.1. The van der Waals surface area contributed by atoms with Crippen LogP contribution in [0.1, 0.15) is 10.6 Å². The molecule has 0 saturated heterocycles. The van der Waals surface area contributed by atoms with Crippen molar-refractivity contribution in [1.29, 1.82) is 0 Å². The van der Waals surface area contributed by atoms with Crippen molar-refractivity contribution in [3.05, 3.63) is 57.4 Å². The number of hydrogen-bond donors (Lipinski definition) is 2. The average Bonchev–Trinajstić information content (AvgIpc) is 3.06. The van der Waals surface area contributed by atoms with Crippen LogP contribution >= 0.6 is 34.8 Å². The Bertz CT molecular complexity index is 913. The van der Waals surface area contributed by atoms with Crippen LogP contribution in [0.4, 0.5) is 11.6 Å². The van der Waals surface area contributed by atoms with E-state index >= 15 is 0 Å². The van der Waals surface area contributed by atoms with Gasteiger partial charge < -0.3 is 15.6 Å². The summed E-state index contributed by atoms with van der Waals surface area (Å²) in [7, 11) is 0. The first-order chi connectivity index (χ1) is 11.5. The molecule has 122 valence electrons. The van der Waals surface area contributed by atoms with Crippen LogP contribution in [0.15, 0.2) is 41.1 Å². The highest BCUT2D eigenvalue weighted by Gasteiger charge is 2.15. The maximum absolute atomic E-state index is 11.9. The van der Waals surface area contributed by atoms with E-state index in [0.717, 1.165) is 0 Å². The standard InChI is InChI=1S/C15H9Cl3N4O2/c16-7-5-9(13(18)10(17)6-7)8-1-2-12(21-14(8)19)22-15(23)11-3-4-20-24-11/h1-6H,(H3,19,21,22,23). The van der Waals surface area contributed by atoms with Gasteiger partial charge in [0.25, 0.3) is 5.91 Å². The molecule has 0 aliphatic heterocycles. The predicted octanol–water partition coefficient (Wildman–Crippen LogP) is 4.53. The lowest BCUT2D eigenvalue weighted by molar-refractivity contribution is 0.0987. The Labute approximate surface area is 151 Å². The van der Waals surface area contributed by atoms with Gasteiger partial charge in [0, 0.05) is 22.2 Å². The maximum atomic E-state index is 11.9. The van der Waals surface area contributed by atoms with Crippen molar-refractivity contribution in [2.24, 2.45) is 0 Å². The molecule has 0 aliphatic carbocycles. The minimum atomic E-state index is -0.490. The molecule has 6 nitrogen and oxygen atoms in total. The number of halogens is 3. The minimum absolute atomic E-state index is 0.0594. The van der Waals surface area contributed by atoms with E-state index in [-0.39, 0.29) is 17.4 Å². The molecule has 3 aromatic rings. The molecular weight excluding hydrogens is 375 g/mol. The van der Waals surface area contributed by atoms with E-state index < -0.39 is 5.91 Å². The van der Waals surface area contributed by atoms with Crippen molar-refractivity contribution in [2.75, 3.05) is 11.1 Å². The molecule has 0 radical (unpaired) electrons. The number of pyridine rings is 1. The molecule has 24 heavy (non-hydrogen) atoms. The van der Waals surface area contributed by atoms with Gasteiger partial charge in [0.1, 0.15) is 11.6 Å². The first-order valence-corrected chi connectivity index (χ1v) is 7.72. The average molecular weight is 384 g/mol. The Balaban J connectivity index is 1.92. The van der Waals surface area contributed by atoms with E-state index in [4.69, 9.17) is 45.1 Å². The van der Waals surface area contributed by atoms with Crippen LogP contribution in [0.25, 0.3) is 11.1 Å². The van der Waals surface area contributed by atoms with E-state index in [1.54, 1.807) is 18.2 Å². The number of carbonyl (C=O) groups excluding carboxylic acids is 1. The number of hydrogen-bond acceptors (Lipinski definition) is 5. The molecule has 0 spiro atoms. The van der Waals surface area contributed by atoms with Gasteiger partial charge in [0.05, 0.1) is 16.2 Å². The van der Waals surface area contributed by atoms with Crippen LogP contribution in [0, 0.1) is 0 Å². The van der Waals surface area contributed by atoms with E-state index in [1.807, 2.05) is 0 Å². The second kappa shape index (κ2) is 6.68. The lowest BCUT2D eigenvalue weighted by Crippen LogP contribution is -2.12. The molecule has 2 heterocycles. The maximum Gasteiger partial charge on any atom is 0.295 e. The van der Waals surface area contributed by atoms with E-state index in [1.165, 1.54) is 18.3 Å². The topological polar surface area (TPSA) is 94.0 Å². The monoisotopic (exact) mass is 382 g/mol. The van der Waals surface area contributed by atoms with Gasteiger partial charge in [-0.05, 0) is 24.3 Å². The molecule has 1 amide bonds. The normalized spacial score (nSPS) is 10.6. The van der Waals surface area contributed by atoms with E-state index in [0.29, 0.717) is 26.2 Å². The second-order valence-electron chi connectivity index (χ2n) is 4.71. The van der Waals surface area contributed by atoms with Crippen molar-refractivity contribution in [1.82, 2.24) is 10.1 Å². The van der Waals surface area contributed by atoms with Crippen molar-refractivity contribution >= 4 is 52.3 Å². The smallest absolute Gasteiger partial charge is 0.295 e. The Morgan fingerprint density at radius 1 is 1.12 bits per heavy atom. The first-order valence-electron chi connectivity index (χ1n) is 6.59. The van der Waals surface area contributed by atoms with Gasteiger partial charge in [-0.2, -0.15) is 0 Å². The molecule has 3 N–H and O–H groups in total. The van der Waals surface area contributed by atoms with Crippen LogP contribution in [-0.4, -0.2) is 16.0 Å². The summed E-state index contributed by atoms with van der Waals surface area (Å²) in [6, 6.07) is 7.83. The molecule has 0 aliphatic rings. The number of benzene rings is 1. The van der Waals surface area contributed by atoms with Crippen LogP contribution < -0.4 is 11.1 Å². The molecule has 3 rings (SSSR count). The van der Waals surface area contributed by atoms with Crippen LogP contribution in [-0.2, 0) is 0 Å². The van der Waals surface area contributed by atoms with Crippen molar-refractivity contribution < 1.29 is 9.32 Å². The fourth-order valence-corrected chi connectivity index (χ4v) is 2.74. The number of carbonyl (C=O) groups is 1. The lowest BCUT2D eigenvalue weighted by Gasteiger charge is -2.11. The zero-order valence-corrected chi connectivity index (χ0v) is 14.2. The summed E-state index contributed by atoms with van der Waals surface area (Å²) in [6.07, 6.45) is 1.37. The molecule has 0 bridgehead atoms. The van der Waals surface area contributed by atoms with Crippen LogP contribution in [0.3, 0.4) is 0 Å². The minimum Gasteiger partial charge on any atom is -0.383 e. The summed E-state index contributed by atoms with van der Waals surface area (Å²) in [5.41, 5.74) is 7.07. The van der Waals surface area contributed by atoms with Gasteiger partial charge in [0.15, 0.2) is 0 Å². The molecule has 0 atom stereocenters. The van der Waals surface area contributed by atoms with Crippen LogP contribution in [0.5, 0.6) is 0 Å². The number of amides is 1. The quantitative estimate of drug-likeness (QED) is 0.648. The van der Waals surface area contributed by atoms with Gasteiger partial charge in [0.2, 0.25) is 5.76 Å². The molecule has 0 unspecified atom stereocenters. The third-order valence-electron chi connectivity index (χ3n) is 3.11. The summed E-state index contributed by atoms with van der Waals surface area (Å²) in [5.74, 6) is -0.0207. The summed E-state index contributed by atoms with van der Waals surface area (Å²) in [4.78, 5) is 16.0. The third kappa shape index (κ3) is 3.31. The summed E-state index contributed by atoms with van der Waals surface area (Å²) >= 11 is 18.2. The van der Waals surface area contributed by atoms with Gasteiger partial charge in [-0.1, -0.05) is 40.0 Å². The highest BCUT2D eigenvalue weighted by Crippen LogP contribution is 2.38. The van der Waals surface area contributed by atoms with Crippen molar-refractivity contribution in [3.63, 3.8) is 0 Å². The summed E-state index contributed by atoms with van der Waals surface area (Å²) in [5, 5.41) is 7.05. The highest BCUT2D eigenvalue weighted by molar-refractivity contribution is 6.45. The number of rotatable bonds is 3. The number of nitrogens with zero attached hydrogens (tertiary/aromatic N) is 2. The Morgan fingerprint density at radius 2 is 1.92 bits per heavy atom. The number of nitrogens with one attached hydrogen (secondary N) is 1. The zero-order valence-electron chi connectivity index (χ0n) is 11.9. The molecule has 2 aromatic heterocycles. The molecule has 1 aromatic carbocycles. The Morgan fingerprint density at radius 3 is 2.58 bits per heavy atom. The third-order valence-corrected chi connectivity index (χ3v) is 4.13. The SMILES string of the molecule is Nc1nc(NC(=O)c2ccno2)ccc1-c1cc(Cl)cc(Cl)c1Cl. The molecular formula is C15H9Cl3N4O2. The molecule has 0 saturated carbocycles. The summed E-state index contributed by atoms with van der Waals surface area (Å²) in [6.45, 7) is 0.